The van der Waals surface area contributed by atoms with Gasteiger partial charge in [-0.25, -0.2) is 22.3 Å². The summed E-state index contributed by atoms with van der Waals surface area (Å²) in [6.45, 7) is 1.18. The Morgan fingerprint density at radius 3 is 2.81 bits per heavy atom. The number of rotatable bonds is 5. The van der Waals surface area contributed by atoms with Gasteiger partial charge in [0.05, 0.1) is 22.1 Å². The van der Waals surface area contributed by atoms with Crippen molar-refractivity contribution in [3.05, 3.63) is 28.5 Å². The Hall–Kier alpha value is -1.22. The Labute approximate surface area is 125 Å². The largest absolute Gasteiger partial charge is 0.478 e. The summed E-state index contributed by atoms with van der Waals surface area (Å²) in [6.07, 6.45) is 0.734. The summed E-state index contributed by atoms with van der Waals surface area (Å²) in [5.41, 5.74) is -0.596. The van der Waals surface area contributed by atoms with E-state index in [9.17, 15) is 17.6 Å². The lowest BCUT2D eigenvalue weighted by atomic mass is 10.1. The fourth-order valence-corrected chi connectivity index (χ4v) is 3.27. The van der Waals surface area contributed by atoms with Crippen molar-refractivity contribution >= 4 is 27.6 Å². The van der Waals surface area contributed by atoms with E-state index in [-0.39, 0.29) is 12.5 Å². The third kappa shape index (κ3) is 3.70. The SMILES string of the molecule is O=C(O)c1cc(S(=O)(=O)NCC2CCOC2)cc(F)c1Cl. The number of halogens is 2. The van der Waals surface area contributed by atoms with Gasteiger partial charge in [-0.3, -0.25) is 0 Å². The predicted octanol–water partition coefficient (Wildman–Crippen LogP) is 1.49. The zero-order chi connectivity index (χ0) is 15.6. The molecule has 1 aliphatic rings. The molecule has 1 aromatic carbocycles. The Balaban J connectivity index is 2.24. The van der Waals surface area contributed by atoms with Crippen molar-refractivity contribution in [1.82, 2.24) is 4.72 Å². The van der Waals surface area contributed by atoms with Crippen LogP contribution in [0.4, 0.5) is 4.39 Å². The Bertz CT molecular complexity index is 658. The molecule has 21 heavy (non-hydrogen) atoms. The zero-order valence-corrected chi connectivity index (χ0v) is 12.4. The van der Waals surface area contributed by atoms with Crippen LogP contribution in [-0.2, 0) is 14.8 Å². The van der Waals surface area contributed by atoms with Gasteiger partial charge in [0, 0.05) is 13.2 Å². The van der Waals surface area contributed by atoms with Crippen molar-refractivity contribution in [2.45, 2.75) is 11.3 Å². The molecule has 2 rings (SSSR count). The van der Waals surface area contributed by atoms with Crippen LogP contribution in [0.15, 0.2) is 17.0 Å². The molecule has 0 aromatic heterocycles. The number of nitrogens with one attached hydrogen (secondary N) is 1. The molecule has 9 heteroatoms. The molecular weight excluding hydrogens is 325 g/mol. The van der Waals surface area contributed by atoms with Gasteiger partial charge in [-0.15, -0.1) is 0 Å². The highest BCUT2D eigenvalue weighted by Gasteiger charge is 2.24. The van der Waals surface area contributed by atoms with Crippen molar-refractivity contribution in [2.24, 2.45) is 5.92 Å². The summed E-state index contributed by atoms with van der Waals surface area (Å²) in [5.74, 6) is -2.54. The molecule has 1 saturated heterocycles. The van der Waals surface area contributed by atoms with Crippen molar-refractivity contribution in [2.75, 3.05) is 19.8 Å². The smallest absolute Gasteiger partial charge is 0.337 e. The summed E-state index contributed by atoms with van der Waals surface area (Å²) < 4.78 is 45.2. The molecule has 0 spiro atoms. The predicted molar refractivity (Wildman–Crippen MR) is 72.5 cm³/mol. The summed E-state index contributed by atoms with van der Waals surface area (Å²) >= 11 is 5.50. The lowest BCUT2D eigenvalue weighted by molar-refractivity contribution is 0.0696. The maximum absolute atomic E-state index is 13.6. The second-order valence-corrected chi connectivity index (χ2v) is 6.80. The number of carboxylic acids is 1. The first-order chi connectivity index (χ1) is 9.81. The first-order valence-electron chi connectivity index (χ1n) is 6.11. The average Bonchev–Trinajstić information content (AvgIpc) is 2.92. The van der Waals surface area contributed by atoms with Crippen LogP contribution in [0.1, 0.15) is 16.8 Å². The number of benzene rings is 1. The lowest BCUT2D eigenvalue weighted by Crippen LogP contribution is -2.30. The molecule has 116 valence electrons. The number of hydrogen-bond donors (Lipinski definition) is 2. The average molecular weight is 338 g/mol. The van der Waals surface area contributed by atoms with Crippen molar-refractivity contribution in [3.8, 4) is 0 Å². The number of carboxylic acid groups (broad SMARTS) is 1. The molecule has 0 bridgehead atoms. The molecule has 1 atom stereocenters. The molecule has 1 unspecified atom stereocenters. The van der Waals surface area contributed by atoms with Gasteiger partial charge in [0.2, 0.25) is 10.0 Å². The van der Waals surface area contributed by atoms with Crippen LogP contribution >= 0.6 is 11.6 Å². The minimum atomic E-state index is -4.01. The molecule has 1 fully saturated rings. The quantitative estimate of drug-likeness (QED) is 0.849. The van der Waals surface area contributed by atoms with Crippen LogP contribution in [0.3, 0.4) is 0 Å². The Morgan fingerprint density at radius 2 is 2.24 bits per heavy atom. The first-order valence-corrected chi connectivity index (χ1v) is 7.97. The first kappa shape index (κ1) is 16.2. The van der Waals surface area contributed by atoms with E-state index in [0.29, 0.717) is 19.3 Å². The maximum Gasteiger partial charge on any atom is 0.337 e. The molecule has 1 heterocycles. The van der Waals surface area contributed by atoms with E-state index in [1.807, 2.05) is 0 Å². The number of hydrogen-bond acceptors (Lipinski definition) is 4. The highest BCUT2D eigenvalue weighted by molar-refractivity contribution is 7.89. The number of ether oxygens (including phenoxy) is 1. The van der Waals surface area contributed by atoms with Crippen LogP contribution in [0, 0.1) is 11.7 Å². The Morgan fingerprint density at radius 1 is 1.52 bits per heavy atom. The second kappa shape index (κ2) is 6.27. The molecular formula is C12H13ClFNO5S. The second-order valence-electron chi connectivity index (χ2n) is 4.65. The van der Waals surface area contributed by atoms with Gasteiger partial charge >= 0.3 is 5.97 Å². The normalized spacial score (nSPS) is 18.9. The van der Waals surface area contributed by atoms with Crippen LogP contribution in [-0.4, -0.2) is 39.3 Å². The summed E-state index contributed by atoms with van der Waals surface area (Å²) in [4.78, 5) is 10.5. The fourth-order valence-electron chi connectivity index (χ4n) is 1.93. The number of sulfonamides is 1. The fraction of sp³-hybridized carbons (Fsp3) is 0.417. The lowest BCUT2D eigenvalue weighted by Gasteiger charge is -2.11. The third-order valence-corrected chi connectivity index (χ3v) is 4.92. The van der Waals surface area contributed by atoms with Gasteiger partial charge in [0.25, 0.3) is 0 Å². The van der Waals surface area contributed by atoms with Crippen LogP contribution in [0.2, 0.25) is 5.02 Å². The minimum Gasteiger partial charge on any atom is -0.478 e. The van der Waals surface area contributed by atoms with Gasteiger partial charge in [-0.2, -0.15) is 0 Å². The van der Waals surface area contributed by atoms with E-state index in [1.165, 1.54) is 0 Å². The van der Waals surface area contributed by atoms with E-state index in [0.717, 1.165) is 12.5 Å². The highest BCUT2D eigenvalue weighted by atomic mass is 35.5. The van der Waals surface area contributed by atoms with Crippen LogP contribution in [0.25, 0.3) is 0 Å². The van der Waals surface area contributed by atoms with Gasteiger partial charge in [0.1, 0.15) is 5.82 Å². The molecule has 0 amide bonds. The summed E-state index contributed by atoms with van der Waals surface area (Å²) in [5, 5.41) is 8.28. The highest BCUT2D eigenvalue weighted by Crippen LogP contribution is 2.24. The monoisotopic (exact) mass is 337 g/mol. The molecule has 1 aromatic rings. The van der Waals surface area contributed by atoms with Crippen molar-refractivity contribution in [1.29, 1.82) is 0 Å². The summed E-state index contributed by atoms with van der Waals surface area (Å²) in [7, 11) is -4.01. The number of aromatic carboxylic acids is 1. The maximum atomic E-state index is 13.6. The van der Waals surface area contributed by atoms with Gasteiger partial charge in [-0.05, 0) is 24.5 Å². The zero-order valence-electron chi connectivity index (χ0n) is 10.8. The van der Waals surface area contributed by atoms with Crippen LogP contribution < -0.4 is 4.72 Å². The van der Waals surface area contributed by atoms with E-state index >= 15 is 0 Å². The molecule has 2 N–H and O–H groups in total. The van der Waals surface area contributed by atoms with Crippen molar-refractivity contribution in [3.63, 3.8) is 0 Å². The topological polar surface area (TPSA) is 92.7 Å². The van der Waals surface area contributed by atoms with Crippen LogP contribution in [0.5, 0.6) is 0 Å². The molecule has 1 aliphatic heterocycles. The Kier molecular flexibility index (Phi) is 4.82. The van der Waals surface area contributed by atoms with Gasteiger partial charge in [0.15, 0.2) is 0 Å². The van der Waals surface area contributed by atoms with E-state index in [1.54, 1.807) is 0 Å². The standard InChI is InChI=1S/C12H13ClFNO5S/c13-11-9(12(16)17)3-8(4-10(11)14)21(18,19)15-5-7-1-2-20-6-7/h3-4,7,15H,1-2,5-6H2,(H,16,17). The van der Waals surface area contributed by atoms with Crippen molar-refractivity contribution < 1.29 is 27.4 Å². The molecule has 0 aliphatic carbocycles. The molecule has 0 saturated carbocycles. The van der Waals surface area contributed by atoms with E-state index in [2.05, 4.69) is 4.72 Å². The number of carbonyl (C=O) groups is 1. The molecule has 6 nitrogen and oxygen atoms in total. The third-order valence-electron chi connectivity index (χ3n) is 3.13. The summed E-state index contributed by atoms with van der Waals surface area (Å²) in [6, 6.07) is 1.53. The minimum absolute atomic E-state index is 0.0517. The molecule has 0 radical (unpaired) electrons. The van der Waals surface area contributed by atoms with Gasteiger partial charge < -0.3 is 9.84 Å². The van der Waals surface area contributed by atoms with Gasteiger partial charge in [-0.1, -0.05) is 11.6 Å². The van der Waals surface area contributed by atoms with E-state index < -0.39 is 37.3 Å². The van der Waals surface area contributed by atoms with E-state index in [4.69, 9.17) is 21.4 Å².